The van der Waals surface area contributed by atoms with E-state index in [1.807, 2.05) is 0 Å². The van der Waals surface area contributed by atoms with Crippen molar-refractivity contribution in [1.29, 1.82) is 0 Å². The molecular weight excluding hydrogens is 250 g/mol. The second kappa shape index (κ2) is 2.98. The van der Waals surface area contributed by atoms with Crippen molar-refractivity contribution in [3.05, 3.63) is 28.8 Å². The fourth-order valence-electron chi connectivity index (χ4n) is 1.22. The molecule has 0 bridgehead atoms. The van der Waals surface area contributed by atoms with Gasteiger partial charge in [0.2, 0.25) is 5.82 Å². The van der Waals surface area contributed by atoms with Gasteiger partial charge in [0, 0.05) is 11.9 Å². The van der Waals surface area contributed by atoms with Crippen molar-refractivity contribution in [2.45, 2.75) is 0 Å². The molecule has 2 heterocycles. The van der Waals surface area contributed by atoms with E-state index in [1.165, 1.54) is 4.40 Å². The SMILES string of the molecule is Nc1ccn2c(C(=O)O)nc(Br)c2c1. The van der Waals surface area contributed by atoms with Gasteiger partial charge in [-0.3, -0.25) is 4.40 Å². The van der Waals surface area contributed by atoms with Crippen LogP contribution in [0.15, 0.2) is 22.9 Å². The molecule has 0 fully saturated rings. The van der Waals surface area contributed by atoms with Crippen LogP contribution in [0.5, 0.6) is 0 Å². The molecular formula is C8H6BrN3O2. The fourth-order valence-corrected chi connectivity index (χ4v) is 1.69. The van der Waals surface area contributed by atoms with Gasteiger partial charge in [0.25, 0.3) is 0 Å². The number of aromatic carboxylic acids is 1. The monoisotopic (exact) mass is 255 g/mol. The standard InChI is InChI=1S/C8H6BrN3O2/c9-6-5-3-4(10)1-2-12(5)7(11-6)8(13)14/h1-3H,10H2,(H,13,14). The van der Waals surface area contributed by atoms with E-state index in [1.54, 1.807) is 18.3 Å². The lowest BCUT2D eigenvalue weighted by Crippen LogP contribution is -2.03. The van der Waals surface area contributed by atoms with E-state index >= 15 is 0 Å². The van der Waals surface area contributed by atoms with Gasteiger partial charge < -0.3 is 10.8 Å². The van der Waals surface area contributed by atoms with Crippen LogP contribution in [0.2, 0.25) is 0 Å². The molecule has 0 unspecified atom stereocenters. The summed E-state index contributed by atoms with van der Waals surface area (Å²) < 4.78 is 1.94. The Labute approximate surface area is 87.3 Å². The number of halogens is 1. The topological polar surface area (TPSA) is 80.6 Å². The summed E-state index contributed by atoms with van der Waals surface area (Å²) in [5.74, 6) is -1.11. The summed E-state index contributed by atoms with van der Waals surface area (Å²) in [6.07, 6.45) is 1.58. The zero-order chi connectivity index (χ0) is 10.3. The third-order valence-corrected chi connectivity index (χ3v) is 2.40. The molecule has 0 atom stereocenters. The van der Waals surface area contributed by atoms with E-state index in [0.717, 1.165) is 0 Å². The van der Waals surface area contributed by atoms with Gasteiger partial charge in [-0.15, -0.1) is 0 Å². The van der Waals surface area contributed by atoms with Crippen LogP contribution in [0.1, 0.15) is 10.6 Å². The van der Waals surface area contributed by atoms with E-state index in [2.05, 4.69) is 20.9 Å². The Morgan fingerprint density at radius 3 is 3.00 bits per heavy atom. The highest BCUT2D eigenvalue weighted by Gasteiger charge is 2.14. The average molecular weight is 256 g/mol. The first-order chi connectivity index (χ1) is 6.59. The number of anilines is 1. The van der Waals surface area contributed by atoms with Crippen LogP contribution < -0.4 is 5.73 Å². The summed E-state index contributed by atoms with van der Waals surface area (Å²) in [5.41, 5.74) is 6.77. The van der Waals surface area contributed by atoms with Gasteiger partial charge in [0.15, 0.2) is 0 Å². The van der Waals surface area contributed by atoms with Crippen molar-refractivity contribution >= 4 is 33.1 Å². The summed E-state index contributed by atoms with van der Waals surface area (Å²) in [6.45, 7) is 0. The number of nitrogens with zero attached hydrogens (tertiary/aromatic N) is 2. The lowest BCUT2D eigenvalue weighted by Gasteiger charge is -1.97. The third-order valence-electron chi connectivity index (χ3n) is 1.81. The smallest absolute Gasteiger partial charge is 0.372 e. The van der Waals surface area contributed by atoms with Gasteiger partial charge in [0.1, 0.15) is 4.60 Å². The maximum Gasteiger partial charge on any atom is 0.372 e. The molecule has 0 aliphatic rings. The second-order valence-electron chi connectivity index (χ2n) is 2.75. The molecule has 5 nitrogen and oxygen atoms in total. The van der Waals surface area contributed by atoms with Crippen molar-refractivity contribution in [2.75, 3.05) is 5.73 Å². The van der Waals surface area contributed by atoms with E-state index in [0.29, 0.717) is 15.8 Å². The molecule has 2 rings (SSSR count). The molecule has 0 saturated carbocycles. The predicted molar refractivity (Wildman–Crippen MR) is 54.3 cm³/mol. The number of hydrogen-bond donors (Lipinski definition) is 2. The number of rotatable bonds is 1. The number of carboxylic acids is 1. The molecule has 2 aromatic rings. The number of carboxylic acid groups (broad SMARTS) is 1. The lowest BCUT2D eigenvalue weighted by molar-refractivity contribution is 0.0682. The number of nitrogens with two attached hydrogens (primary N) is 1. The first-order valence-electron chi connectivity index (χ1n) is 3.76. The molecule has 0 aromatic carbocycles. The van der Waals surface area contributed by atoms with Crippen molar-refractivity contribution in [3.63, 3.8) is 0 Å². The Hall–Kier alpha value is -1.56. The van der Waals surface area contributed by atoms with E-state index in [9.17, 15) is 4.79 Å². The van der Waals surface area contributed by atoms with Crippen molar-refractivity contribution in [2.24, 2.45) is 0 Å². The van der Waals surface area contributed by atoms with Crippen molar-refractivity contribution < 1.29 is 9.90 Å². The normalized spacial score (nSPS) is 10.6. The average Bonchev–Trinajstić information content (AvgIpc) is 2.44. The first kappa shape index (κ1) is 9.01. The molecule has 0 amide bonds. The van der Waals surface area contributed by atoms with E-state index in [4.69, 9.17) is 10.8 Å². The van der Waals surface area contributed by atoms with Gasteiger partial charge in [-0.2, -0.15) is 0 Å². The number of hydrogen-bond acceptors (Lipinski definition) is 3. The summed E-state index contributed by atoms with van der Waals surface area (Å²) >= 11 is 3.17. The number of carbonyl (C=O) groups is 1. The second-order valence-corrected chi connectivity index (χ2v) is 3.50. The largest absolute Gasteiger partial charge is 0.475 e. The van der Waals surface area contributed by atoms with Gasteiger partial charge in [-0.1, -0.05) is 0 Å². The highest BCUT2D eigenvalue weighted by atomic mass is 79.9. The Balaban J connectivity index is 2.84. The number of imidazole rings is 1. The van der Waals surface area contributed by atoms with E-state index < -0.39 is 5.97 Å². The predicted octanol–water partition coefficient (Wildman–Crippen LogP) is 1.38. The Bertz CT molecular complexity index is 521. The zero-order valence-electron chi connectivity index (χ0n) is 6.94. The summed E-state index contributed by atoms with van der Waals surface area (Å²) in [5, 5.41) is 8.83. The molecule has 0 aliphatic heterocycles. The van der Waals surface area contributed by atoms with Crippen LogP contribution in [-0.4, -0.2) is 20.5 Å². The van der Waals surface area contributed by atoms with Crippen LogP contribution in [-0.2, 0) is 0 Å². The summed E-state index contributed by atoms with van der Waals surface area (Å²) in [7, 11) is 0. The number of pyridine rings is 1. The molecule has 0 spiro atoms. The maximum atomic E-state index is 10.8. The van der Waals surface area contributed by atoms with Gasteiger partial charge >= 0.3 is 5.97 Å². The molecule has 2 aromatic heterocycles. The minimum absolute atomic E-state index is 0.0353. The minimum atomic E-state index is -1.07. The molecule has 3 N–H and O–H groups in total. The quantitative estimate of drug-likeness (QED) is 0.807. The van der Waals surface area contributed by atoms with Gasteiger partial charge in [-0.05, 0) is 28.1 Å². The minimum Gasteiger partial charge on any atom is -0.475 e. The van der Waals surface area contributed by atoms with Crippen LogP contribution in [0.25, 0.3) is 5.52 Å². The van der Waals surface area contributed by atoms with Crippen LogP contribution in [0, 0.1) is 0 Å². The molecule has 0 radical (unpaired) electrons. The zero-order valence-corrected chi connectivity index (χ0v) is 8.52. The summed E-state index contributed by atoms with van der Waals surface area (Å²) in [4.78, 5) is 14.6. The van der Waals surface area contributed by atoms with Crippen molar-refractivity contribution in [3.8, 4) is 0 Å². The molecule has 0 saturated heterocycles. The highest BCUT2D eigenvalue weighted by molar-refractivity contribution is 9.10. The van der Waals surface area contributed by atoms with Crippen LogP contribution in [0.3, 0.4) is 0 Å². The van der Waals surface area contributed by atoms with Crippen molar-refractivity contribution in [1.82, 2.24) is 9.38 Å². The Morgan fingerprint density at radius 2 is 2.36 bits per heavy atom. The molecule has 0 aliphatic carbocycles. The summed E-state index contributed by atoms with van der Waals surface area (Å²) in [6, 6.07) is 3.27. The van der Waals surface area contributed by atoms with Gasteiger partial charge in [0.05, 0.1) is 5.52 Å². The maximum absolute atomic E-state index is 10.8. The Kier molecular flexibility index (Phi) is 1.92. The number of nitrogen functional groups attached to an aromatic ring is 1. The lowest BCUT2D eigenvalue weighted by atomic mass is 10.4. The van der Waals surface area contributed by atoms with Gasteiger partial charge in [-0.25, -0.2) is 9.78 Å². The fraction of sp³-hybridized carbons (Fsp3) is 0. The van der Waals surface area contributed by atoms with Crippen LogP contribution >= 0.6 is 15.9 Å². The first-order valence-corrected chi connectivity index (χ1v) is 4.55. The Morgan fingerprint density at radius 1 is 1.64 bits per heavy atom. The van der Waals surface area contributed by atoms with Crippen LogP contribution in [0.4, 0.5) is 5.69 Å². The number of fused-ring (bicyclic) bond motifs is 1. The van der Waals surface area contributed by atoms with E-state index in [-0.39, 0.29) is 5.82 Å². The third kappa shape index (κ3) is 1.24. The molecule has 72 valence electrons. The molecule has 6 heteroatoms. The highest BCUT2D eigenvalue weighted by Crippen LogP contribution is 2.20. The molecule has 14 heavy (non-hydrogen) atoms. The number of aromatic nitrogens is 2.